The van der Waals surface area contributed by atoms with Crippen LogP contribution in [0.25, 0.3) is 22.2 Å². The lowest BCUT2D eigenvalue weighted by molar-refractivity contribution is -0.274. The van der Waals surface area contributed by atoms with Crippen molar-refractivity contribution in [3.63, 3.8) is 0 Å². The van der Waals surface area contributed by atoms with Crippen LogP contribution in [0, 0.1) is 0 Å². The Kier molecular flexibility index (Phi) is 9.41. The van der Waals surface area contributed by atoms with E-state index in [0.717, 1.165) is 27.8 Å². The average molecular weight is 630 g/mol. The normalized spacial score (nSPS) is 12.0. The number of nitrogens with zero attached hydrogens (tertiary/aromatic N) is 5. The molecule has 4 rings (SSSR count). The fraction of sp³-hybridized carbons (Fsp3) is 0.300. The van der Waals surface area contributed by atoms with Gasteiger partial charge in [0.05, 0.1) is 22.8 Å². The third-order valence-electron chi connectivity index (χ3n) is 6.83. The number of hydrogen-bond acceptors (Lipinski definition) is 8. The second-order valence-corrected chi connectivity index (χ2v) is 14.1. The number of benzene rings is 2. The molecule has 234 valence electrons. The number of carbonyl (C=O) groups excluding carboxylic acids is 1. The summed E-state index contributed by atoms with van der Waals surface area (Å²) in [5, 5.41) is 7.11. The lowest BCUT2D eigenvalue weighted by Crippen LogP contribution is -2.29. The van der Waals surface area contributed by atoms with Gasteiger partial charge in [0.15, 0.2) is 5.75 Å². The third kappa shape index (κ3) is 7.78. The van der Waals surface area contributed by atoms with Gasteiger partial charge < -0.3 is 34.3 Å². The van der Waals surface area contributed by atoms with Crippen LogP contribution in [0.1, 0.15) is 0 Å². The molecule has 0 fully saturated rings. The molecule has 2 aromatic carbocycles. The van der Waals surface area contributed by atoms with E-state index in [1.54, 1.807) is 31.3 Å². The Labute approximate surface area is 253 Å². The maximum absolute atomic E-state index is 13.5. The molecule has 2 N–H and O–H groups in total. The van der Waals surface area contributed by atoms with Crippen molar-refractivity contribution in [2.24, 2.45) is 7.05 Å². The molecule has 0 radical (unpaired) electrons. The molecular formula is C30H35F3N7O3P. The summed E-state index contributed by atoms with van der Waals surface area (Å²) in [5.74, 6) is -1.07. The summed E-state index contributed by atoms with van der Waals surface area (Å²) in [4.78, 5) is 24.7. The quantitative estimate of drug-likeness (QED) is 0.162. The number of anilines is 4. The molecule has 2 aromatic heterocycles. The van der Waals surface area contributed by atoms with Gasteiger partial charge in [0.25, 0.3) is 0 Å². The van der Waals surface area contributed by atoms with Crippen LogP contribution in [0.3, 0.4) is 0 Å². The fourth-order valence-corrected chi connectivity index (χ4v) is 5.41. The predicted octanol–water partition coefficient (Wildman–Crippen LogP) is 5.65. The highest BCUT2D eigenvalue weighted by atomic mass is 31.2. The topological polar surface area (TPSA) is 105 Å². The lowest BCUT2D eigenvalue weighted by atomic mass is 10.1. The molecule has 2 heterocycles. The molecular weight excluding hydrogens is 594 g/mol. The first-order chi connectivity index (χ1) is 20.6. The first-order valence-corrected chi connectivity index (χ1v) is 16.1. The minimum atomic E-state index is -4.99. The van der Waals surface area contributed by atoms with Gasteiger partial charge in [-0.15, -0.1) is 13.2 Å². The van der Waals surface area contributed by atoms with Crippen LogP contribution < -0.4 is 25.6 Å². The maximum atomic E-state index is 13.5. The summed E-state index contributed by atoms with van der Waals surface area (Å²) in [6.07, 6.45) is -0.571. The number of aromatic nitrogens is 3. The predicted molar refractivity (Wildman–Crippen MR) is 170 cm³/mol. The number of fused-ring (bicyclic) bond motifs is 1. The highest BCUT2D eigenvalue weighted by Crippen LogP contribution is 2.41. The van der Waals surface area contributed by atoms with Crippen LogP contribution in [-0.2, 0) is 16.4 Å². The van der Waals surface area contributed by atoms with E-state index in [0.29, 0.717) is 24.5 Å². The zero-order valence-corrected chi connectivity index (χ0v) is 26.3. The zero-order valence-electron chi connectivity index (χ0n) is 25.4. The van der Waals surface area contributed by atoms with E-state index in [1.165, 1.54) is 18.3 Å². The Morgan fingerprint density at radius 2 is 1.84 bits per heavy atom. The molecule has 0 saturated heterocycles. The van der Waals surface area contributed by atoms with Crippen LogP contribution in [0.5, 0.6) is 5.75 Å². The minimum Gasteiger partial charge on any atom is -0.403 e. The summed E-state index contributed by atoms with van der Waals surface area (Å²) < 4.78 is 59.6. The largest absolute Gasteiger partial charge is 0.573 e. The maximum Gasteiger partial charge on any atom is 0.573 e. The standard InChI is InChI=1S/C30H35F3N7O3P/c1-8-28(41)35-23-16-24(27(43-30(31,32)33)17-26(23)39(4)14-13-38(2)3)37-29-34-12-11-22(36-29)21-18-40(5)25-15-19(44(6,7)42)9-10-20(21)25/h8-12,15-18H,1,13-14H2,2-7H3,(H,35,41)(H,34,36,37). The van der Waals surface area contributed by atoms with Gasteiger partial charge in [-0.2, -0.15) is 0 Å². The van der Waals surface area contributed by atoms with Crippen molar-refractivity contribution in [2.45, 2.75) is 6.36 Å². The van der Waals surface area contributed by atoms with E-state index < -0.39 is 25.2 Å². The van der Waals surface area contributed by atoms with E-state index in [4.69, 9.17) is 0 Å². The molecule has 0 saturated carbocycles. The van der Waals surface area contributed by atoms with Crippen LogP contribution in [0.4, 0.5) is 36.2 Å². The first-order valence-electron chi connectivity index (χ1n) is 13.5. The van der Waals surface area contributed by atoms with E-state index in [2.05, 4.69) is 31.9 Å². The molecule has 4 aromatic rings. The van der Waals surface area contributed by atoms with Gasteiger partial charge in [-0.3, -0.25) is 4.79 Å². The van der Waals surface area contributed by atoms with Gasteiger partial charge in [-0.05, 0) is 51.7 Å². The van der Waals surface area contributed by atoms with Crippen LogP contribution in [0.15, 0.2) is 61.4 Å². The number of alkyl halides is 3. The summed E-state index contributed by atoms with van der Waals surface area (Å²) in [6.45, 7) is 7.94. The average Bonchev–Trinajstić information content (AvgIpc) is 3.27. The van der Waals surface area contributed by atoms with Crippen molar-refractivity contribution in [3.05, 3.63) is 61.4 Å². The molecule has 0 unspecified atom stereocenters. The number of likely N-dealkylation sites (N-methyl/N-ethyl adjacent to an activating group) is 2. The Morgan fingerprint density at radius 3 is 2.48 bits per heavy atom. The molecule has 0 aliphatic rings. The van der Waals surface area contributed by atoms with E-state index >= 15 is 0 Å². The SMILES string of the molecule is C=CC(=O)Nc1cc(Nc2nccc(-c3cn(C)c4cc(P(C)(C)=O)ccc34)n2)c(OC(F)(F)F)cc1N(C)CCN(C)C. The molecule has 0 aliphatic carbocycles. The Hall–Kier alpha value is -4.35. The number of aryl methyl sites for hydroxylation is 1. The highest BCUT2D eigenvalue weighted by molar-refractivity contribution is 7.70. The number of carbonyl (C=O) groups is 1. The third-order valence-corrected chi connectivity index (χ3v) is 8.36. The Morgan fingerprint density at radius 1 is 1.11 bits per heavy atom. The number of halogens is 3. The molecule has 14 heteroatoms. The molecule has 44 heavy (non-hydrogen) atoms. The minimum absolute atomic E-state index is 0.00414. The fourth-order valence-electron chi connectivity index (χ4n) is 4.55. The van der Waals surface area contributed by atoms with Gasteiger partial charge in [0, 0.05) is 67.4 Å². The van der Waals surface area contributed by atoms with Gasteiger partial charge >= 0.3 is 6.36 Å². The Balaban J connectivity index is 1.78. The summed E-state index contributed by atoms with van der Waals surface area (Å²) in [7, 11) is 4.83. The van der Waals surface area contributed by atoms with Crippen LogP contribution in [-0.4, -0.2) is 79.3 Å². The molecule has 0 atom stereocenters. The summed E-state index contributed by atoms with van der Waals surface area (Å²) in [5.41, 5.74) is 2.54. The van der Waals surface area contributed by atoms with Gasteiger partial charge in [-0.25, -0.2) is 9.97 Å². The second-order valence-electron chi connectivity index (χ2n) is 10.9. The number of nitrogens with one attached hydrogen (secondary N) is 2. The number of ether oxygens (including phenoxy) is 1. The Bertz CT molecular complexity index is 1750. The monoisotopic (exact) mass is 629 g/mol. The molecule has 10 nitrogen and oxygen atoms in total. The summed E-state index contributed by atoms with van der Waals surface area (Å²) in [6, 6.07) is 9.82. The smallest absolute Gasteiger partial charge is 0.403 e. The van der Waals surface area contributed by atoms with Gasteiger partial charge in [-0.1, -0.05) is 18.7 Å². The van der Waals surface area contributed by atoms with Crippen molar-refractivity contribution in [2.75, 3.05) is 63.1 Å². The van der Waals surface area contributed by atoms with Crippen molar-refractivity contribution in [1.29, 1.82) is 0 Å². The van der Waals surface area contributed by atoms with Crippen molar-refractivity contribution in [3.8, 4) is 17.0 Å². The number of hydrogen-bond donors (Lipinski definition) is 2. The van der Waals surface area contributed by atoms with E-state index in [1.807, 2.05) is 55.0 Å². The molecule has 0 spiro atoms. The van der Waals surface area contributed by atoms with E-state index in [-0.39, 0.29) is 17.3 Å². The highest BCUT2D eigenvalue weighted by Gasteiger charge is 2.33. The second kappa shape index (κ2) is 12.7. The summed E-state index contributed by atoms with van der Waals surface area (Å²) >= 11 is 0. The van der Waals surface area contributed by atoms with Gasteiger partial charge in [0.1, 0.15) is 7.14 Å². The molecule has 0 bridgehead atoms. The first kappa shape index (κ1) is 32.6. The van der Waals surface area contributed by atoms with Crippen LogP contribution >= 0.6 is 7.14 Å². The lowest BCUT2D eigenvalue weighted by Gasteiger charge is -2.26. The zero-order chi connectivity index (χ0) is 32.4. The molecule has 0 aliphatic heterocycles. The van der Waals surface area contributed by atoms with Crippen molar-refractivity contribution in [1.82, 2.24) is 19.4 Å². The number of rotatable bonds is 11. The van der Waals surface area contributed by atoms with Crippen LogP contribution in [0.2, 0.25) is 0 Å². The van der Waals surface area contributed by atoms with Crippen molar-refractivity contribution < 1.29 is 27.3 Å². The number of amides is 1. The van der Waals surface area contributed by atoms with Gasteiger partial charge in [0.2, 0.25) is 11.9 Å². The molecule has 1 amide bonds. The van der Waals surface area contributed by atoms with E-state index in [9.17, 15) is 22.5 Å². The van der Waals surface area contributed by atoms with Crippen molar-refractivity contribution >= 4 is 52.3 Å².